The van der Waals surface area contributed by atoms with Gasteiger partial charge in [-0.25, -0.2) is 9.50 Å². The maximum atomic E-state index is 12.9. The van der Waals surface area contributed by atoms with Gasteiger partial charge in [0.1, 0.15) is 23.2 Å². The number of aromatic nitrogens is 3. The van der Waals surface area contributed by atoms with Gasteiger partial charge in [-0.3, -0.25) is 4.79 Å². The van der Waals surface area contributed by atoms with Crippen molar-refractivity contribution in [1.82, 2.24) is 14.6 Å². The van der Waals surface area contributed by atoms with Crippen molar-refractivity contribution in [3.8, 4) is 28.4 Å². The number of hydrogen-bond donors (Lipinski definition) is 2. The summed E-state index contributed by atoms with van der Waals surface area (Å²) < 4.78 is 42.5. The Morgan fingerprint density at radius 2 is 1.90 bits per heavy atom. The van der Waals surface area contributed by atoms with E-state index in [-0.39, 0.29) is 11.3 Å². The van der Waals surface area contributed by atoms with Crippen molar-refractivity contribution in [2.75, 3.05) is 7.11 Å². The molecule has 0 aliphatic heterocycles. The Balaban J connectivity index is 2.06. The number of hydrogen-bond acceptors (Lipinski definition) is 7. The minimum Gasteiger partial charge on any atom is -0.496 e. The average Bonchev–Trinajstić information content (AvgIpc) is 3.09. The molecule has 3 N–H and O–H groups in total. The number of halogens is 2. The molecule has 0 bridgehead atoms. The van der Waals surface area contributed by atoms with Gasteiger partial charge in [0.05, 0.1) is 31.3 Å². The van der Waals surface area contributed by atoms with E-state index in [9.17, 15) is 18.7 Å². The first kappa shape index (κ1) is 22.2. The number of fused-ring (bicyclic) bond motifs is 1. The first-order chi connectivity index (χ1) is 14.5. The van der Waals surface area contributed by atoms with Crippen LogP contribution in [-0.2, 0) is 0 Å². The molecule has 11 heteroatoms. The maximum Gasteiger partial charge on any atom is 0.387 e. The SMILES string of the molecule is COc1cc(-c2cnn3cc(O[C@@H](C)C(C)(C)O)cnc23)cc(OC(F)F)c1C(N)=O. The van der Waals surface area contributed by atoms with Crippen LogP contribution in [0.1, 0.15) is 31.1 Å². The number of rotatable bonds is 8. The van der Waals surface area contributed by atoms with Crippen LogP contribution in [0.5, 0.6) is 17.2 Å². The van der Waals surface area contributed by atoms with Gasteiger partial charge in [0.2, 0.25) is 0 Å². The lowest BCUT2D eigenvalue weighted by molar-refractivity contribution is -0.0502. The number of primary amides is 1. The zero-order valence-electron chi connectivity index (χ0n) is 17.3. The highest BCUT2D eigenvalue weighted by molar-refractivity contribution is 6.00. The van der Waals surface area contributed by atoms with Gasteiger partial charge in [0.15, 0.2) is 11.4 Å². The first-order valence-electron chi connectivity index (χ1n) is 9.20. The van der Waals surface area contributed by atoms with Crippen LogP contribution in [0.25, 0.3) is 16.8 Å². The highest BCUT2D eigenvalue weighted by Crippen LogP contribution is 2.37. The van der Waals surface area contributed by atoms with Crippen molar-refractivity contribution >= 4 is 11.6 Å². The number of ether oxygens (including phenoxy) is 3. The fourth-order valence-corrected chi connectivity index (χ4v) is 2.81. The van der Waals surface area contributed by atoms with Gasteiger partial charge >= 0.3 is 6.61 Å². The Bertz CT molecular complexity index is 1110. The van der Waals surface area contributed by atoms with Gasteiger partial charge < -0.3 is 25.1 Å². The summed E-state index contributed by atoms with van der Waals surface area (Å²) in [6.07, 6.45) is 3.98. The number of amides is 1. The molecule has 0 spiro atoms. The van der Waals surface area contributed by atoms with Crippen molar-refractivity contribution in [1.29, 1.82) is 0 Å². The van der Waals surface area contributed by atoms with Crippen molar-refractivity contribution in [2.24, 2.45) is 5.73 Å². The molecule has 3 rings (SSSR count). The largest absolute Gasteiger partial charge is 0.496 e. The van der Waals surface area contributed by atoms with Crippen LogP contribution >= 0.6 is 0 Å². The molecule has 0 aliphatic rings. The van der Waals surface area contributed by atoms with E-state index in [4.69, 9.17) is 15.2 Å². The summed E-state index contributed by atoms with van der Waals surface area (Å²) in [4.78, 5) is 16.1. The third kappa shape index (κ3) is 4.66. The number of aliphatic hydroxyl groups is 1. The number of carbonyl (C=O) groups is 1. The van der Waals surface area contributed by atoms with E-state index in [1.54, 1.807) is 27.0 Å². The maximum absolute atomic E-state index is 12.9. The normalized spacial score (nSPS) is 12.8. The molecule has 1 atom stereocenters. The van der Waals surface area contributed by atoms with Crippen LogP contribution < -0.4 is 19.9 Å². The molecule has 9 nitrogen and oxygen atoms in total. The molecule has 0 aliphatic carbocycles. The van der Waals surface area contributed by atoms with Crippen molar-refractivity contribution < 1.29 is 32.9 Å². The van der Waals surface area contributed by atoms with Crippen LogP contribution in [0.2, 0.25) is 0 Å². The van der Waals surface area contributed by atoms with Crippen LogP contribution in [0.3, 0.4) is 0 Å². The topological polar surface area (TPSA) is 121 Å². The van der Waals surface area contributed by atoms with Crippen LogP contribution in [0, 0.1) is 0 Å². The van der Waals surface area contributed by atoms with Gasteiger partial charge in [0, 0.05) is 5.56 Å². The Labute approximate surface area is 176 Å². The molecule has 31 heavy (non-hydrogen) atoms. The number of nitrogens with zero attached hydrogens (tertiary/aromatic N) is 3. The minimum atomic E-state index is -3.17. The van der Waals surface area contributed by atoms with E-state index in [0.29, 0.717) is 22.5 Å². The number of nitrogens with two attached hydrogens (primary N) is 1. The van der Waals surface area contributed by atoms with Gasteiger partial charge in [-0.2, -0.15) is 13.9 Å². The molecular weight excluding hydrogens is 414 g/mol. The summed E-state index contributed by atoms with van der Waals surface area (Å²) >= 11 is 0. The molecule has 0 saturated heterocycles. The molecule has 0 unspecified atom stereocenters. The van der Waals surface area contributed by atoms with Gasteiger partial charge in [-0.05, 0) is 38.5 Å². The second-order valence-electron chi connectivity index (χ2n) is 7.32. The highest BCUT2D eigenvalue weighted by atomic mass is 19.3. The highest BCUT2D eigenvalue weighted by Gasteiger charge is 2.25. The quantitative estimate of drug-likeness (QED) is 0.557. The molecule has 0 saturated carbocycles. The van der Waals surface area contributed by atoms with E-state index in [1.165, 1.54) is 36.2 Å². The number of benzene rings is 1. The molecule has 1 amide bonds. The second-order valence-corrected chi connectivity index (χ2v) is 7.32. The second kappa shape index (κ2) is 8.34. The molecule has 3 aromatic rings. The smallest absolute Gasteiger partial charge is 0.387 e. The molecule has 166 valence electrons. The van der Waals surface area contributed by atoms with Gasteiger partial charge in [0.25, 0.3) is 5.91 Å². The summed E-state index contributed by atoms with van der Waals surface area (Å²) in [5.74, 6) is -1.05. The van der Waals surface area contributed by atoms with Gasteiger partial charge in [-0.15, -0.1) is 0 Å². The fourth-order valence-electron chi connectivity index (χ4n) is 2.81. The fraction of sp³-hybridized carbons (Fsp3) is 0.350. The van der Waals surface area contributed by atoms with E-state index in [0.717, 1.165) is 0 Å². The van der Waals surface area contributed by atoms with E-state index >= 15 is 0 Å². The van der Waals surface area contributed by atoms with E-state index in [2.05, 4.69) is 14.8 Å². The van der Waals surface area contributed by atoms with E-state index in [1.807, 2.05) is 0 Å². The van der Waals surface area contributed by atoms with Crippen LogP contribution in [0.15, 0.2) is 30.7 Å². The van der Waals surface area contributed by atoms with Crippen molar-refractivity contribution in [2.45, 2.75) is 39.1 Å². The molecule has 0 radical (unpaired) electrons. The molecule has 0 fully saturated rings. The number of alkyl halides is 2. The lowest BCUT2D eigenvalue weighted by atomic mass is 10.0. The van der Waals surface area contributed by atoms with Gasteiger partial charge in [-0.1, -0.05) is 0 Å². The standard InChI is InChI=1S/C20H22F2N4O5/c1-10(20(2,3)28)30-12-7-24-18-13(8-25-26(18)9-12)11-5-14(29-4)16(17(23)27)15(6-11)31-19(21)22/h5-10,19,28H,1-4H3,(H2,23,27)/t10-/m0/s1. The molecular formula is C20H22F2N4O5. The summed E-state index contributed by atoms with van der Waals surface area (Å²) in [7, 11) is 1.28. The first-order valence-corrected chi connectivity index (χ1v) is 9.20. The van der Waals surface area contributed by atoms with Crippen LogP contribution in [-0.4, -0.2) is 51.0 Å². The minimum absolute atomic E-state index is 0.0287. The third-order valence-corrected chi connectivity index (χ3v) is 4.70. The molecule has 2 heterocycles. The average molecular weight is 436 g/mol. The molecule has 1 aromatic carbocycles. The Hall–Kier alpha value is -3.47. The monoisotopic (exact) mass is 436 g/mol. The third-order valence-electron chi connectivity index (χ3n) is 4.70. The summed E-state index contributed by atoms with van der Waals surface area (Å²) in [5, 5.41) is 14.3. The number of carbonyl (C=O) groups excluding carboxylic acids is 1. The zero-order valence-corrected chi connectivity index (χ0v) is 17.3. The Kier molecular flexibility index (Phi) is 5.98. The predicted molar refractivity (Wildman–Crippen MR) is 107 cm³/mol. The summed E-state index contributed by atoms with van der Waals surface area (Å²) in [5.41, 5.74) is 5.17. The lowest BCUT2D eigenvalue weighted by Gasteiger charge is -2.26. The summed E-state index contributed by atoms with van der Waals surface area (Å²) in [6, 6.07) is 2.70. The Morgan fingerprint density at radius 3 is 2.48 bits per heavy atom. The predicted octanol–water partition coefficient (Wildman–Crippen LogP) is 2.64. The summed E-state index contributed by atoms with van der Waals surface area (Å²) in [6.45, 7) is 1.79. The van der Waals surface area contributed by atoms with E-state index < -0.39 is 30.0 Å². The van der Waals surface area contributed by atoms with Crippen molar-refractivity contribution in [3.63, 3.8) is 0 Å². The Morgan fingerprint density at radius 1 is 1.23 bits per heavy atom. The molecule has 2 aromatic heterocycles. The number of methoxy groups -OCH3 is 1. The zero-order chi connectivity index (χ0) is 22.9. The lowest BCUT2D eigenvalue weighted by Crippen LogP contribution is -2.37. The van der Waals surface area contributed by atoms with Crippen LogP contribution in [0.4, 0.5) is 8.78 Å². The van der Waals surface area contributed by atoms with Crippen molar-refractivity contribution in [3.05, 3.63) is 36.3 Å².